The zero-order chi connectivity index (χ0) is 15.9. The van der Waals surface area contributed by atoms with Crippen LogP contribution in [0.3, 0.4) is 0 Å². The van der Waals surface area contributed by atoms with Gasteiger partial charge in [0.05, 0.1) is 4.58 Å². The topological polar surface area (TPSA) is 17.1 Å². The fourth-order valence-corrected chi connectivity index (χ4v) is 4.57. The number of hydrogen-bond acceptors (Lipinski definition) is 3. The lowest BCUT2D eigenvalue weighted by atomic mass is 10.2. The molecule has 1 nitrogen and oxygen atoms in total. The Morgan fingerprint density at radius 1 is 0.864 bits per heavy atom. The van der Waals surface area contributed by atoms with Crippen molar-refractivity contribution in [3.05, 3.63) is 59.7 Å². The number of carbonyl (C=O) groups is 1. The van der Waals surface area contributed by atoms with E-state index in [9.17, 15) is 4.79 Å². The lowest BCUT2D eigenvalue weighted by molar-refractivity contribution is -0.118. The molecule has 0 unspecified atom stereocenters. The largest absolute Gasteiger partial charge is 0.300 e. The van der Waals surface area contributed by atoms with Crippen LogP contribution >= 0.6 is 23.5 Å². The van der Waals surface area contributed by atoms with Gasteiger partial charge in [0.1, 0.15) is 5.78 Å². The minimum absolute atomic E-state index is 0.220. The fourth-order valence-electron chi connectivity index (χ4n) is 1.97. The third-order valence-electron chi connectivity index (χ3n) is 3.37. The number of aryl methyl sites for hydroxylation is 2. The molecule has 0 heterocycles. The SMILES string of the molecule is CCC(=O)CC(Sc1ccc(C)cc1)Sc1ccc(C)cc1. The summed E-state index contributed by atoms with van der Waals surface area (Å²) < 4.78 is 0.220. The van der Waals surface area contributed by atoms with E-state index in [-0.39, 0.29) is 4.58 Å². The Morgan fingerprint density at radius 2 is 1.27 bits per heavy atom. The van der Waals surface area contributed by atoms with Gasteiger partial charge in [-0.2, -0.15) is 0 Å². The van der Waals surface area contributed by atoms with Crippen LogP contribution < -0.4 is 0 Å². The first kappa shape index (κ1) is 17.2. The summed E-state index contributed by atoms with van der Waals surface area (Å²) >= 11 is 3.56. The van der Waals surface area contributed by atoms with Crippen molar-refractivity contribution < 1.29 is 4.79 Å². The van der Waals surface area contributed by atoms with Crippen molar-refractivity contribution in [2.45, 2.75) is 48.0 Å². The van der Waals surface area contributed by atoms with E-state index in [1.165, 1.54) is 20.9 Å². The second-order valence-corrected chi connectivity index (χ2v) is 8.24. The van der Waals surface area contributed by atoms with Crippen LogP contribution in [-0.4, -0.2) is 10.4 Å². The van der Waals surface area contributed by atoms with Crippen LogP contribution in [0, 0.1) is 13.8 Å². The summed E-state index contributed by atoms with van der Waals surface area (Å²) in [5.41, 5.74) is 2.52. The summed E-state index contributed by atoms with van der Waals surface area (Å²) in [6.45, 7) is 6.12. The summed E-state index contributed by atoms with van der Waals surface area (Å²) in [6.07, 6.45) is 1.22. The van der Waals surface area contributed by atoms with E-state index in [1.54, 1.807) is 23.5 Å². The molecule has 22 heavy (non-hydrogen) atoms. The molecule has 0 spiro atoms. The molecule has 116 valence electrons. The Bertz CT molecular complexity index is 555. The van der Waals surface area contributed by atoms with Gasteiger partial charge in [0.25, 0.3) is 0 Å². The second kappa shape index (κ2) is 8.44. The normalized spacial score (nSPS) is 10.9. The molecule has 0 saturated heterocycles. The second-order valence-electron chi connectivity index (χ2n) is 5.39. The van der Waals surface area contributed by atoms with Crippen molar-refractivity contribution in [3.8, 4) is 0 Å². The van der Waals surface area contributed by atoms with Gasteiger partial charge in [-0.15, -0.1) is 23.5 Å². The van der Waals surface area contributed by atoms with Crippen LogP contribution in [-0.2, 0) is 4.79 Å². The Morgan fingerprint density at radius 3 is 1.64 bits per heavy atom. The highest BCUT2D eigenvalue weighted by atomic mass is 32.2. The maximum absolute atomic E-state index is 11.9. The first-order valence-electron chi connectivity index (χ1n) is 7.55. The third-order valence-corrected chi connectivity index (χ3v) is 5.89. The first-order valence-corrected chi connectivity index (χ1v) is 9.31. The average molecular weight is 331 g/mol. The van der Waals surface area contributed by atoms with Gasteiger partial charge in [0.15, 0.2) is 0 Å². The molecule has 2 aromatic rings. The maximum atomic E-state index is 11.9. The summed E-state index contributed by atoms with van der Waals surface area (Å²) in [6, 6.07) is 17.0. The summed E-state index contributed by atoms with van der Waals surface area (Å²) in [7, 11) is 0. The van der Waals surface area contributed by atoms with Gasteiger partial charge in [0.2, 0.25) is 0 Å². The maximum Gasteiger partial charge on any atom is 0.134 e. The lowest BCUT2D eigenvalue weighted by Crippen LogP contribution is -2.06. The van der Waals surface area contributed by atoms with Crippen LogP contribution in [0.1, 0.15) is 30.9 Å². The van der Waals surface area contributed by atoms with Crippen LogP contribution in [0.2, 0.25) is 0 Å². The summed E-state index contributed by atoms with van der Waals surface area (Å²) in [5, 5.41) is 0. The van der Waals surface area contributed by atoms with E-state index in [0.29, 0.717) is 18.6 Å². The van der Waals surface area contributed by atoms with Gasteiger partial charge in [-0.25, -0.2) is 0 Å². The molecule has 0 aliphatic heterocycles. The van der Waals surface area contributed by atoms with Crippen molar-refractivity contribution in [2.24, 2.45) is 0 Å². The van der Waals surface area contributed by atoms with Crippen molar-refractivity contribution in [1.82, 2.24) is 0 Å². The van der Waals surface area contributed by atoms with Crippen molar-refractivity contribution in [2.75, 3.05) is 0 Å². The number of thioether (sulfide) groups is 2. The minimum atomic E-state index is 0.220. The molecule has 2 rings (SSSR count). The zero-order valence-corrected chi connectivity index (χ0v) is 15.0. The van der Waals surface area contributed by atoms with Gasteiger partial charge in [-0.05, 0) is 38.1 Å². The lowest BCUT2D eigenvalue weighted by Gasteiger charge is -2.16. The Labute approximate surface area is 141 Å². The summed E-state index contributed by atoms with van der Waals surface area (Å²) in [4.78, 5) is 14.3. The number of Topliss-reactive ketones (excluding diaryl/α,β-unsaturated/α-hetero) is 1. The number of carbonyl (C=O) groups excluding carboxylic acids is 1. The van der Waals surface area contributed by atoms with Crippen LogP contribution in [0.5, 0.6) is 0 Å². The van der Waals surface area contributed by atoms with E-state index in [2.05, 4.69) is 62.4 Å². The Kier molecular flexibility index (Phi) is 6.59. The molecule has 0 bridgehead atoms. The highest BCUT2D eigenvalue weighted by molar-refractivity contribution is 8.17. The molecule has 0 aliphatic rings. The monoisotopic (exact) mass is 330 g/mol. The molecule has 3 heteroatoms. The third kappa shape index (κ3) is 5.54. The van der Waals surface area contributed by atoms with Crippen LogP contribution in [0.25, 0.3) is 0 Å². The molecule has 0 radical (unpaired) electrons. The molecule has 0 fully saturated rings. The van der Waals surface area contributed by atoms with Gasteiger partial charge in [0, 0.05) is 22.6 Å². The van der Waals surface area contributed by atoms with Gasteiger partial charge < -0.3 is 0 Å². The Hall–Kier alpha value is -1.19. The van der Waals surface area contributed by atoms with Crippen LogP contribution in [0.15, 0.2) is 58.3 Å². The van der Waals surface area contributed by atoms with E-state index in [4.69, 9.17) is 0 Å². The molecule has 2 aromatic carbocycles. The first-order chi connectivity index (χ1) is 10.6. The number of rotatable bonds is 7. The molecule has 0 aliphatic carbocycles. The van der Waals surface area contributed by atoms with Crippen molar-refractivity contribution in [1.29, 1.82) is 0 Å². The van der Waals surface area contributed by atoms with Crippen molar-refractivity contribution >= 4 is 29.3 Å². The van der Waals surface area contributed by atoms with Gasteiger partial charge in [-0.3, -0.25) is 4.79 Å². The molecular formula is C19H22OS2. The van der Waals surface area contributed by atoms with E-state index < -0.39 is 0 Å². The number of ketones is 1. The molecule has 0 saturated carbocycles. The van der Waals surface area contributed by atoms with Crippen LogP contribution in [0.4, 0.5) is 0 Å². The number of hydrogen-bond donors (Lipinski definition) is 0. The molecule has 0 amide bonds. The predicted octanol–water partition coefficient (Wildman–Crippen LogP) is 5.88. The van der Waals surface area contributed by atoms with Crippen molar-refractivity contribution in [3.63, 3.8) is 0 Å². The smallest absolute Gasteiger partial charge is 0.134 e. The van der Waals surface area contributed by atoms with E-state index in [1.807, 2.05) is 6.92 Å². The Balaban J connectivity index is 2.09. The standard InChI is InChI=1S/C19H22OS2/c1-4-16(20)13-19(21-17-9-5-14(2)6-10-17)22-18-11-7-15(3)8-12-18/h5-12,19H,4,13H2,1-3H3. The quantitative estimate of drug-likeness (QED) is 0.466. The molecule has 0 atom stereocenters. The van der Waals surface area contributed by atoms with E-state index >= 15 is 0 Å². The predicted molar refractivity (Wildman–Crippen MR) is 97.8 cm³/mol. The minimum Gasteiger partial charge on any atom is -0.300 e. The average Bonchev–Trinajstić information content (AvgIpc) is 2.51. The zero-order valence-electron chi connectivity index (χ0n) is 13.3. The molecular weight excluding hydrogens is 308 g/mol. The molecule has 0 N–H and O–H groups in total. The van der Waals surface area contributed by atoms with Gasteiger partial charge in [-0.1, -0.05) is 42.3 Å². The molecule has 0 aromatic heterocycles. The van der Waals surface area contributed by atoms with E-state index in [0.717, 1.165) is 0 Å². The fraction of sp³-hybridized carbons (Fsp3) is 0.316. The number of benzene rings is 2. The van der Waals surface area contributed by atoms with Gasteiger partial charge >= 0.3 is 0 Å². The highest BCUT2D eigenvalue weighted by Crippen LogP contribution is 2.38. The highest BCUT2D eigenvalue weighted by Gasteiger charge is 2.16. The summed E-state index contributed by atoms with van der Waals surface area (Å²) in [5.74, 6) is 0.323.